The molecule has 0 amide bonds. The Morgan fingerprint density at radius 1 is 0.800 bits per heavy atom. The maximum Gasteiger partial charge on any atom is -0.00329 e. The minimum absolute atomic E-state index is 1.28. The zero-order valence-electron chi connectivity index (χ0n) is 6.51. The molecule has 0 aromatic carbocycles. The third-order valence-corrected chi connectivity index (χ3v) is 2.86. The molecule has 0 bridgehead atoms. The maximum atomic E-state index is 2.34. The van der Waals surface area contributed by atoms with Gasteiger partial charge in [-0.2, -0.15) is 11.8 Å². The average Bonchev–Trinajstić information content (AvgIpc) is 2.01. The maximum absolute atomic E-state index is 2.34. The molecule has 0 radical (unpaired) electrons. The fourth-order valence-corrected chi connectivity index (χ4v) is 2.05. The zero-order valence-corrected chi connectivity index (χ0v) is 7.33. The number of hydrogen-bond acceptors (Lipinski definition) is 1. The molecule has 0 fully saturated rings. The van der Waals surface area contributed by atoms with Crippen molar-refractivity contribution in [3.8, 4) is 0 Å². The van der Waals surface area contributed by atoms with Gasteiger partial charge in [-0.1, -0.05) is 18.6 Å². The largest absolute Gasteiger partial charge is 0.162 e. The van der Waals surface area contributed by atoms with Gasteiger partial charge in [-0.15, -0.1) is 0 Å². The average molecular weight is 156 g/mol. The van der Waals surface area contributed by atoms with Crippen molar-refractivity contribution < 1.29 is 0 Å². The van der Waals surface area contributed by atoms with E-state index in [9.17, 15) is 0 Å². The molecule has 1 aliphatic rings. The van der Waals surface area contributed by atoms with Gasteiger partial charge < -0.3 is 0 Å². The Balaban J connectivity index is 2.13. The van der Waals surface area contributed by atoms with E-state index >= 15 is 0 Å². The van der Waals surface area contributed by atoms with Gasteiger partial charge in [-0.3, -0.25) is 0 Å². The van der Waals surface area contributed by atoms with Gasteiger partial charge in [0.2, 0.25) is 0 Å². The highest BCUT2D eigenvalue weighted by Crippen LogP contribution is 2.11. The smallest absolute Gasteiger partial charge is 0.00329 e. The standard InChI is InChI=1S/C9H16S/c1-2-4-6-8-10-9-7-5-3-1/h2,4H,1,3,5-9H2/b4-2-. The van der Waals surface area contributed by atoms with E-state index in [1.165, 1.54) is 43.6 Å². The van der Waals surface area contributed by atoms with E-state index in [-0.39, 0.29) is 0 Å². The number of rotatable bonds is 0. The summed E-state index contributed by atoms with van der Waals surface area (Å²) >= 11 is 2.10. The predicted molar refractivity (Wildman–Crippen MR) is 49.6 cm³/mol. The summed E-state index contributed by atoms with van der Waals surface area (Å²) in [7, 11) is 0. The Morgan fingerprint density at radius 2 is 1.70 bits per heavy atom. The second-order valence-corrected chi connectivity index (χ2v) is 3.95. The van der Waals surface area contributed by atoms with Crippen molar-refractivity contribution in [2.24, 2.45) is 0 Å². The molecule has 0 saturated heterocycles. The number of allylic oxidation sites excluding steroid dienone is 2. The quantitative estimate of drug-likeness (QED) is 0.485. The van der Waals surface area contributed by atoms with Crippen LogP contribution in [0.1, 0.15) is 32.1 Å². The minimum atomic E-state index is 1.28. The fourth-order valence-electron chi connectivity index (χ4n) is 1.13. The molecule has 0 aromatic rings. The zero-order chi connectivity index (χ0) is 7.07. The van der Waals surface area contributed by atoms with Crippen molar-refractivity contribution in [1.29, 1.82) is 0 Å². The first-order valence-electron chi connectivity index (χ1n) is 4.23. The molecule has 0 atom stereocenters. The second kappa shape index (κ2) is 5.84. The predicted octanol–water partition coefficient (Wildman–Crippen LogP) is 3.24. The molecule has 0 N–H and O–H groups in total. The van der Waals surface area contributed by atoms with Gasteiger partial charge in [0.1, 0.15) is 0 Å². The van der Waals surface area contributed by atoms with E-state index in [1.54, 1.807) is 0 Å². The molecule has 0 unspecified atom stereocenters. The third kappa shape index (κ3) is 3.99. The van der Waals surface area contributed by atoms with Crippen LogP contribution in [-0.4, -0.2) is 11.5 Å². The molecule has 1 aliphatic heterocycles. The highest BCUT2D eigenvalue weighted by molar-refractivity contribution is 7.99. The third-order valence-electron chi connectivity index (χ3n) is 1.75. The lowest BCUT2D eigenvalue weighted by Crippen LogP contribution is -1.85. The first-order chi connectivity index (χ1) is 5.00. The van der Waals surface area contributed by atoms with Gasteiger partial charge >= 0.3 is 0 Å². The van der Waals surface area contributed by atoms with Crippen molar-refractivity contribution in [1.82, 2.24) is 0 Å². The van der Waals surface area contributed by atoms with Crippen molar-refractivity contribution in [2.75, 3.05) is 11.5 Å². The van der Waals surface area contributed by atoms with E-state index in [2.05, 4.69) is 23.9 Å². The SMILES string of the molecule is C1=C\CCSCCCCC/1. The molecule has 10 heavy (non-hydrogen) atoms. The van der Waals surface area contributed by atoms with Crippen LogP contribution in [-0.2, 0) is 0 Å². The summed E-state index contributed by atoms with van der Waals surface area (Å²) in [5.74, 6) is 2.71. The molecule has 0 aliphatic carbocycles. The van der Waals surface area contributed by atoms with Crippen LogP contribution in [0, 0.1) is 0 Å². The Hall–Kier alpha value is 0.0900. The Labute approximate surface area is 68.1 Å². The van der Waals surface area contributed by atoms with Crippen LogP contribution in [0.4, 0.5) is 0 Å². The lowest BCUT2D eigenvalue weighted by Gasteiger charge is -2.01. The van der Waals surface area contributed by atoms with E-state index in [0.717, 1.165) is 0 Å². The van der Waals surface area contributed by atoms with Gasteiger partial charge in [-0.25, -0.2) is 0 Å². The van der Waals surface area contributed by atoms with Crippen LogP contribution in [0.2, 0.25) is 0 Å². The Kier molecular flexibility index (Phi) is 4.79. The van der Waals surface area contributed by atoms with Gasteiger partial charge in [0, 0.05) is 0 Å². The molecule has 0 saturated carbocycles. The molecule has 0 nitrogen and oxygen atoms in total. The van der Waals surface area contributed by atoms with Gasteiger partial charge in [0.25, 0.3) is 0 Å². The van der Waals surface area contributed by atoms with E-state index in [0.29, 0.717) is 0 Å². The van der Waals surface area contributed by atoms with E-state index in [4.69, 9.17) is 0 Å². The molecule has 0 aromatic heterocycles. The summed E-state index contributed by atoms with van der Waals surface area (Å²) in [6.07, 6.45) is 11.5. The molecular weight excluding hydrogens is 140 g/mol. The summed E-state index contributed by atoms with van der Waals surface area (Å²) < 4.78 is 0. The monoisotopic (exact) mass is 156 g/mol. The summed E-state index contributed by atoms with van der Waals surface area (Å²) in [5, 5.41) is 0. The Bertz CT molecular complexity index is 84.9. The molecule has 58 valence electrons. The highest BCUT2D eigenvalue weighted by Gasteiger charge is 1.91. The van der Waals surface area contributed by atoms with Gasteiger partial charge in [-0.05, 0) is 37.2 Å². The van der Waals surface area contributed by atoms with Crippen LogP contribution < -0.4 is 0 Å². The summed E-state index contributed by atoms with van der Waals surface area (Å²) in [5.41, 5.74) is 0. The van der Waals surface area contributed by atoms with Gasteiger partial charge in [0.05, 0.1) is 0 Å². The lowest BCUT2D eigenvalue weighted by atomic mass is 10.2. The molecular formula is C9H16S. The van der Waals surface area contributed by atoms with E-state index in [1.807, 2.05) is 0 Å². The summed E-state index contributed by atoms with van der Waals surface area (Å²) in [6.45, 7) is 0. The van der Waals surface area contributed by atoms with Crippen LogP contribution in [0.15, 0.2) is 12.2 Å². The summed E-state index contributed by atoms with van der Waals surface area (Å²) in [6, 6.07) is 0. The van der Waals surface area contributed by atoms with Crippen molar-refractivity contribution in [3.05, 3.63) is 12.2 Å². The van der Waals surface area contributed by atoms with Crippen LogP contribution in [0.25, 0.3) is 0 Å². The van der Waals surface area contributed by atoms with Crippen molar-refractivity contribution in [3.63, 3.8) is 0 Å². The van der Waals surface area contributed by atoms with Crippen LogP contribution in [0.5, 0.6) is 0 Å². The number of hydrogen-bond donors (Lipinski definition) is 0. The Morgan fingerprint density at radius 3 is 2.70 bits per heavy atom. The first-order valence-corrected chi connectivity index (χ1v) is 5.38. The lowest BCUT2D eigenvalue weighted by molar-refractivity contribution is 0.732. The molecule has 0 spiro atoms. The van der Waals surface area contributed by atoms with Crippen LogP contribution in [0.3, 0.4) is 0 Å². The number of thioether (sulfide) groups is 1. The second-order valence-electron chi connectivity index (χ2n) is 2.72. The normalized spacial score (nSPS) is 25.6. The van der Waals surface area contributed by atoms with Crippen molar-refractivity contribution in [2.45, 2.75) is 32.1 Å². The molecule has 1 heterocycles. The molecule has 1 rings (SSSR count). The topological polar surface area (TPSA) is 0 Å². The van der Waals surface area contributed by atoms with E-state index < -0.39 is 0 Å². The van der Waals surface area contributed by atoms with Gasteiger partial charge in [0.15, 0.2) is 0 Å². The summed E-state index contributed by atoms with van der Waals surface area (Å²) in [4.78, 5) is 0. The minimum Gasteiger partial charge on any atom is -0.162 e. The highest BCUT2D eigenvalue weighted by atomic mass is 32.2. The van der Waals surface area contributed by atoms with Crippen molar-refractivity contribution >= 4 is 11.8 Å². The fraction of sp³-hybridized carbons (Fsp3) is 0.778. The van der Waals surface area contributed by atoms with Crippen LogP contribution >= 0.6 is 11.8 Å². The molecule has 1 heteroatoms. The first kappa shape index (κ1) is 8.19.